The number of carbonyl (C=O) groups is 2. The third kappa shape index (κ3) is 5.42. The summed E-state index contributed by atoms with van der Waals surface area (Å²) in [6, 6.07) is 10.9. The van der Waals surface area contributed by atoms with E-state index in [1.807, 2.05) is 0 Å². The fourth-order valence-electron chi connectivity index (χ4n) is 5.14. The monoisotopic (exact) mass is 587 g/mol. The maximum atomic E-state index is 15.4. The normalized spacial score (nSPS) is 20.7. The molecule has 2 fully saturated rings. The molecule has 212 valence electrons. The van der Waals surface area contributed by atoms with Gasteiger partial charge in [0.1, 0.15) is 24.2 Å². The van der Waals surface area contributed by atoms with Crippen LogP contribution in [0.15, 0.2) is 54.7 Å². The highest BCUT2D eigenvalue weighted by Crippen LogP contribution is 2.42. The van der Waals surface area contributed by atoms with Crippen molar-refractivity contribution in [2.45, 2.75) is 49.4 Å². The number of amides is 2. The molecule has 1 saturated carbocycles. The number of aliphatic hydroxyl groups is 1. The average molecular weight is 588 g/mol. The second-order valence-corrected chi connectivity index (χ2v) is 10.3. The quantitative estimate of drug-likeness (QED) is 0.342. The van der Waals surface area contributed by atoms with Crippen LogP contribution in [0.2, 0.25) is 5.02 Å². The fraction of sp³-hybridized carbons (Fsp3) is 0.286. The predicted molar refractivity (Wildman–Crippen MR) is 140 cm³/mol. The van der Waals surface area contributed by atoms with Gasteiger partial charge in [0.15, 0.2) is 11.6 Å². The molecule has 1 unspecified atom stereocenters. The first-order chi connectivity index (χ1) is 19.5. The van der Waals surface area contributed by atoms with Crippen LogP contribution < -0.4 is 15.5 Å². The lowest BCUT2D eigenvalue weighted by atomic mass is 9.87. The third-order valence-corrected chi connectivity index (χ3v) is 7.49. The second-order valence-electron chi connectivity index (χ2n) is 9.87. The number of rotatable bonds is 7. The van der Waals surface area contributed by atoms with Crippen molar-refractivity contribution in [1.29, 1.82) is 5.26 Å². The number of halogens is 5. The second kappa shape index (κ2) is 11.0. The molecule has 41 heavy (non-hydrogen) atoms. The van der Waals surface area contributed by atoms with Crippen LogP contribution in [0, 0.1) is 23.0 Å². The number of anilines is 2. The van der Waals surface area contributed by atoms with E-state index < -0.39 is 84.2 Å². The standard InChI is InChI=1S/C28H22ClF4N5O3/c29-18-5-2-1-4-16(18)24(26(40)36-15-11-28(32,33)12-15)37-20-7-3-6-19(30)22(20)17-10-21(39)38(27(17)41)25-23(31)14(13-34)8-9-35-25/h1-9,15,17,24,27,37,41H,10-12H2,(H,36,40)/t17?,24-,27+/m0/s1. The molecule has 2 heterocycles. The van der Waals surface area contributed by atoms with E-state index in [0.717, 1.165) is 18.3 Å². The zero-order chi connectivity index (χ0) is 29.5. The molecule has 3 atom stereocenters. The van der Waals surface area contributed by atoms with Crippen LogP contribution in [0.1, 0.15) is 47.9 Å². The van der Waals surface area contributed by atoms with E-state index in [9.17, 15) is 27.9 Å². The van der Waals surface area contributed by atoms with Crippen LogP contribution in [0.5, 0.6) is 0 Å². The minimum Gasteiger partial charge on any atom is -0.372 e. The van der Waals surface area contributed by atoms with Gasteiger partial charge in [-0.25, -0.2) is 22.5 Å². The molecule has 0 radical (unpaired) electrons. The molecule has 0 bridgehead atoms. The number of pyridine rings is 1. The Morgan fingerprint density at radius 3 is 2.59 bits per heavy atom. The highest BCUT2D eigenvalue weighted by Gasteiger charge is 2.47. The van der Waals surface area contributed by atoms with Crippen molar-refractivity contribution in [2.24, 2.45) is 0 Å². The van der Waals surface area contributed by atoms with Gasteiger partial charge in [0.05, 0.1) is 5.56 Å². The number of aromatic nitrogens is 1. The van der Waals surface area contributed by atoms with Crippen LogP contribution in [-0.4, -0.2) is 40.1 Å². The molecule has 1 aliphatic heterocycles. The largest absolute Gasteiger partial charge is 0.372 e. The number of nitrogens with zero attached hydrogens (tertiary/aromatic N) is 3. The Bertz CT molecular complexity index is 1560. The maximum absolute atomic E-state index is 15.4. The summed E-state index contributed by atoms with van der Waals surface area (Å²) in [5.74, 6) is -8.11. The van der Waals surface area contributed by atoms with Crippen molar-refractivity contribution in [1.82, 2.24) is 10.3 Å². The number of hydrogen-bond acceptors (Lipinski definition) is 6. The first-order valence-corrected chi connectivity index (χ1v) is 12.9. The zero-order valence-corrected chi connectivity index (χ0v) is 21.9. The van der Waals surface area contributed by atoms with E-state index in [2.05, 4.69) is 15.6 Å². The Labute approximate surface area is 236 Å². The van der Waals surface area contributed by atoms with E-state index in [1.54, 1.807) is 24.3 Å². The molecule has 1 aromatic heterocycles. The summed E-state index contributed by atoms with van der Waals surface area (Å²) >= 11 is 6.36. The van der Waals surface area contributed by atoms with Gasteiger partial charge >= 0.3 is 0 Å². The molecule has 0 spiro atoms. The SMILES string of the molecule is N#Cc1ccnc(N2C(=O)CC(c3c(F)cccc3N[C@H](C(=O)NC3CC(F)(F)C3)c3ccccc3Cl)[C@H]2O)c1F. The van der Waals surface area contributed by atoms with Gasteiger partial charge in [0.2, 0.25) is 11.8 Å². The van der Waals surface area contributed by atoms with Crippen molar-refractivity contribution >= 4 is 34.9 Å². The zero-order valence-electron chi connectivity index (χ0n) is 21.1. The van der Waals surface area contributed by atoms with Crippen molar-refractivity contribution in [3.8, 4) is 6.07 Å². The maximum Gasteiger partial charge on any atom is 0.252 e. The van der Waals surface area contributed by atoms with Crippen molar-refractivity contribution < 1.29 is 32.3 Å². The van der Waals surface area contributed by atoms with Gasteiger partial charge in [-0.15, -0.1) is 0 Å². The smallest absolute Gasteiger partial charge is 0.252 e. The third-order valence-electron chi connectivity index (χ3n) is 7.15. The topological polar surface area (TPSA) is 118 Å². The van der Waals surface area contributed by atoms with Gasteiger partial charge in [0.25, 0.3) is 5.92 Å². The Morgan fingerprint density at radius 1 is 1.17 bits per heavy atom. The first kappa shape index (κ1) is 28.3. The highest BCUT2D eigenvalue weighted by molar-refractivity contribution is 6.31. The lowest BCUT2D eigenvalue weighted by Gasteiger charge is -2.36. The van der Waals surface area contributed by atoms with Crippen LogP contribution in [0.4, 0.5) is 29.1 Å². The summed E-state index contributed by atoms with van der Waals surface area (Å²) in [7, 11) is 0. The molecular weight excluding hydrogens is 566 g/mol. The number of nitriles is 1. The fourth-order valence-corrected chi connectivity index (χ4v) is 5.38. The number of alkyl halides is 2. The molecule has 5 rings (SSSR count). The van der Waals surface area contributed by atoms with Crippen molar-refractivity contribution in [2.75, 3.05) is 10.2 Å². The van der Waals surface area contributed by atoms with Crippen molar-refractivity contribution in [3.63, 3.8) is 0 Å². The Hall–Kier alpha value is -4.21. The molecule has 8 nitrogen and oxygen atoms in total. The van der Waals surface area contributed by atoms with Crippen LogP contribution >= 0.6 is 11.6 Å². The number of benzene rings is 2. The summed E-state index contributed by atoms with van der Waals surface area (Å²) in [5.41, 5.74) is -0.281. The van der Waals surface area contributed by atoms with E-state index in [0.29, 0.717) is 4.90 Å². The minimum absolute atomic E-state index is 0.0157. The molecule has 2 aliphatic rings. The number of hydrogen-bond donors (Lipinski definition) is 3. The molecular formula is C28H22ClF4N5O3. The van der Waals surface area contributed by atoms with Gasteiger partial charge < -0.3 is 15.7 Å². The molecule has 2 amide bonds. The Morgan fingerprint density at radius 2 is 1.90 bits per heavy atom. The average Bonchev–Trinajstić information content (AvgIpc) is 3.19. The van der Waals surface area contributed by atoms with Crippen LogP contribution in [0.25, 0.3) is 0 Å². The van der Waals surface area contributed by atoms with Crippen LogP contribution in [-0.2, 0) is 9.59 Å². The lowest BCUT2D eigenvalue weighted by Crippen LogP contribution is -2.52. The molecule has 3 aromatic rings. The minimum atomic E-state index is -2.88. The van der Waals surface area contributed by atoms with E-state index in [4.69, 9.17) is 16.9 Å². The number of carbonyl (C=O) groups excluding carboxylic acids is 2. The van der Waals surface area contributed by atoms with Gasteiger partial charge in [-0.2, -0.15) is 5.26 Å². The number of nitrogens with one attached hydrogen (secondary N) is 2. The summed E-state index contributed by atoms with van der Waals surface area (Å²) in [6.07, 6.45) is -2.17. The molecule has 1 aliphatic carbocycles. The van der Waals surface area contributed by atoms with Gasteiger partial charge in [0, 0.05) is 59.3 Å². The van der Waals surface area contributed by atoms with Gasteiger partial charge in [-0.1, -0.05) is 35.9 Å². The van der Waals surface area contributed by atoms with Gasteiger partial charge in [-0.3, -0.25) is 14.5 Å². The predicted octanol–water partition coefficient (Wildman–Crippen LogP) is 4.79. The first-order valence-electron chi connectivity index (χ1n) is 12.5. The summed E-state index contributed by atoms with van der Waals surface area (Å²) < 4.78 is 57.1. The lowest BCUT2D eigenvalue weighted by molar-refractivity contribution is -0.130. The van der Waals surface area contributed by atoms with Crippen molar-refractivity contribution in [3.05, 3.63) is 88.1 Å². The summed E-state index contributed by atoms with van der Waals surface area (Å²) in [5, 5.41) is 25.9. The number of aliphatic hydroxyl groups excluding tert-OH is 1. The molecule has 13 heteroatoms. The Kier molecular flexibility index (Phi) is 7.59. The summed E-state index contributed by atoms with van der Waals surface area (Å²) in [6.45, 7) is 0. The highest BCUT2D eigenvalue weighted by atomic mass is 35.5. The van der Waals surface area contributed by atoms with E-state index >= 15 is 4.39 Å². The summed E-state index contributed by atoms with van der Waals surface area (Å²) in [4.78, 5) is 30.7. The van der Waals surface area contributed by atoms with Crippen LogP contribution in [0.3, 0.4) is 0 Å². The Balaban J connectivity index is 1.49. The molecule has 2 aromatic carbocycles. The molecule has 3 N–H and O–H groups in total. The van der Waals surface area contributed by atoms with Gasteiger partial charge in [-0.05, 0) is 24.3 Å². The molecule has 1 saturated heterocycles. The van der Waals surface area contributed by atoms with E-state index in [-0.39, 0.29) is 21.8 Å². The van der Waals surface area contributed by atoms with E-state index in [1.165, 1.54) is 18.2 Å².